The van der Waals surface area contributed by atoms with Crippen LogP contribution in [0.4, 0.5) is 5.69 Å². The van der Waals surface area contributed by atoms with Gasteiger partial charge in [0.25, 0.3) is 5.91 Å². The Morgan fingerprint density at radius 1 is 0.850 bits per heavy atom. The summed E-state index contributed by atoms with van der Waals surface area (Å²) in [6, 6.07) is 29.0. The maximum absolute atomic E-state index is 14.3. The van der Waals surface area contributed by atoms with Crippen LogP contribution in [0.2, 0.25) is 0 Å². The van der Waals surface area contributed by atoms with E-state index in [-0.39, 0.29) is 29.0 Å². The number of anilines is 1. The highest BCUT2D eigenvalue weighted by atomic mass is 79.9. The van der Waals surface area contributed by atoms with Crippen molar-refractivity contribution in [2.75, 3.05) is 4.90 Å². The number of aromatic hydroxyl groups is 1. The van der Waals surface area contributed by atoms with Gasteiger partial charge in [-0.2, -0.15) is 5.10 Å². The molecule has 2 atom stereocenters. The van der Waals surface area contributed by atoms with E-state index >= 15 is 0 Å². The van der Waals surface area contributed by atoms with Crippen molar-refractivity contribution in [3.05, 3.63) is 129 Å². The van der Waals surface area contributed by atoms with Crippen LogP contribution in [-0.4, -0.2) is 29.0 Å². The number of nitrogens with one attached hydrogen (secondary N) is 1. The smallest absolute Gasteiger partial charge is 0.275 e. The lowest BCUT2D eigenvalue weighted by Gasteiger charge is -2.52. The molecule has 7 nitrogen and oxygen atoms in total. The van der Waals surface area contributed by atoms with Crippen molar-refractivity contribution in [1.82, 2.24) is 5.43 Å². The number of halogens is 1. The van der Waals surface area contributed by atoms with Crippen LogP contribution in [0.25, 0.3) is 0 Å². The van der Waals surface area contributed by atoms with Crippen LogP contribution in [0.15, 0.2) is 107 Å². The Hall–Kier alpha value is -4.56. The minimum atomic E-state index is -1.10. The van der Waals surface area contributed by atoms with E-state index in [1.807, 2.05) is 60.7 Å². The third-order valence-corrected chi connectivity index (χ3v) is 8.88. The lowest BCUT2D eigenvalue weighted by Crippen LogP contribution is -2.54. The van der Waals surface area contributed by atoms with E-state index in [0.29, 0.717) is 5.69 Å². The zero-order chi connectivity index (χ0) is 27.6. The van der Waals surface area contributed by atoms with Gasteiger partial charge in [-0.15, -0.1) is 0 Å². The van der Waals surface area contributed by atoms with E-state index in [1.165, 1.54) is 17.0 Å². The molecule has 1 saturated heterocycles. The first-order chi connectivity index (χ1) is 19.4. The largest absolute Gasteiger partial charge is 0.507 e. The Bertz CT molecular complexity index is 1700. The second-order valence-electron chi connectivity index (χ2n) is 10.2. The Morgan fingerprint density at radius 3 is 2.10 bits per heavy atom. The molecule has 1 aliphatic heterocycles. The Labute approximate surface area is 238 Å². The minimum Gasteiger partial charge on any atom is -0.507 e. The van der Waals surface area contributed by atoms with Gasteiger partial charge in [0.15, 0.2) is 0 Å². The van der Waals surface area contributed by atoms with Crippen LogP contribution in [0, 0.1) is 11.8 Å². The lowest BCUT2D eigenvalue weighted by atomic mass is 9.47. The molecule has 1 heterocycles. The first-order valence-corrected chi connectivity index (χ1v) is 13.7. The summed E-state index contributed by atoms with van der Waals surface area (Å²) in [5.74, 6) is -2.99. The summed E-state index contributed by atoms with van der Waals surface area (Å²) < 4.78 is 0.844. The summed E-state index contributed by atoms with van der Waals surface area (Å²) in [7, 11) is 0. The molecule has 40 heavy (non-hydrogen) atoms. The lowest BCUT2D eigenvalue weighted by molar-refractivity contribution is -0.122. The van der Waals surface area contributed by atoms with Crippen LogP contribution in [0.3, 0.4) is 0 Å². The SMILES string of the molecule is O=C(N/N=C\C12c3ccccc3C(c3ccccc31)[C@H]1C(=O)N(c3ccc(Br)cc3)C(=O)[C@@H]12)c1ccccc1O. The fourth-order valence-corrected chi connectivity index (χ4v) is 7.08. The van der Waals surface area contributed by atoms with E-state index in [1.54, 1.807) is 30.5 Å². The highest BCUT2D eigenvalue weighted by Gasteiger charge is 2.68. The standard InChI is InChI=1S/C32H22BrN3O4/c33-18-13-15-19(16-14-18)36-30(39)27-26-20-7-1-4-10-23(20)32(28(27)31(36)40,24-11-5-2-8-21(24)26)17-34-35-29(38)22-9-3-6-12-25(22)37/h1-17,26-28,37H,(H,35,38)/b34-17-/t26?,27-,28-,32?/m1/s1. The number of hydrogen-bond donors (Lipinski definition) is 2. The zero-order valence-electron chi connectivity index (χ0n) is 21.0. The third-order valence-electron chi connectivity index (χ3n) is 8.35. The van der Waals surface area contributed by atoms with Crippen molar-refractivity contribution in [3.8, 4) is 5.75 Å². The summed E-state index contributed by atoms with van der Waals surface area (Å²) in [4.78, 5) is 42.7. The van der Waals surface area contributed by atoms with Crippen molar-refractivity contribution in [3.63, 3.8) is 0 Å². The van der Waals surface area contributed by atoms with Crippen LogP contribution < -0.4 is 10.3 Å². The highest BCUT2D eigenvalue weighted by Crippen LogP contribution is 2.63. The normalized spacial score (nSPS) is 24.1. The quantitative estimate of drug-likeness (QED) is 0.195. The molecular formula is C32H22BrN3O4. The average molecular weight is 592 g/mol. The summed E-state index contributed by atoms with van der Waals surface area (Å²) in [5.41, 5.74) is 5.75. The predicted molar refractivity (Wildman–Crippen MR) is 153 cm³/mol. The van der Waals surface area contributed by atoms with E-state index < -0.39 is 23.2 Å². The molecule has 2 bridgehead atoms. The van der Waals surface area contributed by atoms with E-state index in [2.05, 4.69) is 26.5 Å². The van der Waals surface area contributed by atoms with Gasteiger partial charge in [-0.25, -0.2) is 10.3 Å². The van der Waals surface area contributed by atoms with Gasteiger partial charge in [0.1, 0.15) is 5.75 Å². The van der Waals surface area contributed by atoms with Crippen molar-refractivity contribution in [2.24, 2.45) is 16.9 Å². The van der Waals surface area contributed by atoms with Crippen LogP contribution in [0.1, 0.15) is 38.5 Å². The molecule has 4 aliphatic rings. The summed E-state index contributed by atoms with van der Waals surface area (Å²) in [6.45, 7) is 0. The second-order valence-corrected chi connectivity index (χ2v) is 11.1. The van der Waals surface area contributed by atoms with Gasteiger partial charge in [0.2, 0.25) is 11.8 Å². The van der Waals surface area contributed by atoms with E-state index in [0.717, 1.165) is 26.7 Å². The van der Waals surface area contributed by atoms with Gasteiger partial charge in [-0.1, -0.05) is 76.6 Å². The first-order valence-electron chi connectivity index (χ1n) is 12.9. The molecule has 0 aromatic heterocycles. The molecule has 4 aromatic carbocycles. The number of para-hydroxylation sites is 1. The predicted octanol–water partition coefficient (Wildman–Crippen LogP) is 5.12. The molecule has 4 aromatic rings. The maximum atomic E-state index is 14.3. The second kappa shape index (κ2) is 8.99. The summed E-state index contributed by atoms with van der Waals surface area (Å²) in [6.07, 6.45) is 1.60. The van der Waals surface area contributed by atoms with Gasteiger partial charge in [0.05, 0.1) is 28.5 Å². The molecule has 1 fully saturated rings. The van der Waals surface area contributed by atoms with Crippen LogP contribution in [0.5, 0.6) is 5.75 Å². The number of rotatable bonds is 4. The molecule has 3 aliphatic carbocycles. The van der Waals surface area contributed by atoms with Crippen molar-refractivity contribution in [2.45, 2.75) is 11.3 Å². The van der Waals surface area contributed by atoms with E-state index in [4.69, 9.17) is 0 Å². The Balaban J connectivity index is 1.41. The molecule has 2 N–H and O–H groups in total. The van der Waals surface area contributed by atoms with Crippen molar-refractivity contribution in [1.29, 1.82) is 0 Å². The van der Waals surface area contributed by atoms with Crippen LogP contribution in [-0.2, 0) is 15.0 Å². The number of hydrazone groups is 1. The van der Waals surface area contributed by atoms with Gasteiger partial charge in [0, 0.05) is 16.6 Å². The monoisotopic (exact) mass is 591 g/mol. The van der Waals surface area contributed by atoms with Crippen molar-refractivity contribution >= 4 is 45.6 Å². The number of phenols is 1. The highest BCUT2D eigenvalue weighted by molar-refractivity contribution is 9.10. The summed E-state index contributed by atoms with van der Waals surface area (Å²) in [5, 5.41) is 14.5. The fourth-order valence-electron chi connectivity index (χ4n) is 6.81. The number of nitrogens with zero attached hydrogens (tertiary/aromatic N) is 2. The number of amides is 3. The molecule has 0 radical (unpaired) electrons. The Morgan fingerprint density at radius 2 is 1.45 bits per heavy atom. The minimum absolute atomic E-state index is 0.0803. The fraction of sp³-hybridized carbons (Fsp3) is 0.125. The zero-order valence-corrected chi connectivity index (χ0v) is 22.6. The van der Waals surface area contributed by atoms with E-state index in [9.17, 15) is 19.5 Å². The molecule has 8 rings (SSSR count). The maximum Gasteiger partial charge on any atom is 0.275 e. The van der Waals surface area contributed by atoms with Gasteiger partial charge in [-0.05, 0) is 58.7 Å². The Kier molecular flexibility index (Phi) is 5.50. The van der Waals surface area contributed by atoms with Crippen molar-refractivity contribution < 1.29 is 19.5 Å². The number of carbonyl (C=O) groups excluding carboxylic acids is 3. The van der Waals surface area contributed by atoms with Crippen LogP contribution >= 0.6 is 15.9 Å². The molecule has 0 saturated carbocycles. The average Bonchev–Trinajstić information content (AvgIpc) is 3.24. The first kappa shape index (κ1) is 24.5. The molecular weight excluding hydrogens is 570 g/mol. The summed E-state index contributed by atoms with van der Waals surface area (Å²) >= 11 is 3.43. The molecule has 196 valence electrons. The third kappa shape index (κ3) is 3.29. The topological polar surface area (TPSA) is 99.1 Å². The molecule has 8 heteroatoms. The number of carbonyl (C=O) groups is 3. The molecule has 3 amide bonds. The van der Waals surface area contributed by atoms with Gasteiger partial charge < -0.3 is 5.11 Å². The van der Waals surface area contributed by atoms with Gasteiger partial charge in [-0.3, -0.25) is 14.4 Å². The molecule has 0 spiro atoms. The molecule has 0 unspecified atom stereocenters. The number of phenolic OH excluding ortho intramolecular Hbond substituents is 1. The van der Waals surface area contributed by atoms with Gasteiger partial charge >= 0.3 is 0 Å². The number of benzene rings is 4. The number of hydrogen-bond acceptors (Lipinski definition) is 5. The number of imide groups is 1.